The Balaban J connectivity index is 0.00000420. The SMILES string of the molecule is COc1ccc(CN=C(N)NCCNS(=O)(=O)c2cccc(Cl)c2)cc1OC.I. The van der Waals surface area contributed by atoms with Gasteiger partial charge in [-0.05, 0) is 35.9 Å². The lowest BCUT2D eigenvalue weighted by atomic mass is 10.2. The third-order valence-corrected chi connectivity index (χ3v) is 5.40. The molecule has 0 saturated heterocycles. The molecule has 2 rings (SSSR count). The van der Waals surface area contributed by atoms with Gasteiger partial charge in [0.05, 0.1) is 25.7 Å². The van der Waals surface area contributed by atoms with Gasteiger partial charge in [-0.1, -0.05) is 23.7 Å². The van der Waals surface area contributed by atoms with E-state index in [0.29, 0.717) is 23.1 Å². The minimum Gasteiger partial charge on any atom is -0.493 e. The van der Waals surface area contributed by atoms with Crippen LogP contribution in [0.4, 0.5) is 0 Å². The van der Waals surface area contributed by atoms with Gasteiger partial charge >= 0.3 is 0 Å². The summed E-state index contributed by atoms with van der Waals surface area (Å²) in [5.41, 5.74) is 6.71. The highest BCUT2D eigenvalue weighted by Crippen LogP contribution is 2.27. The molecule has 29 heavy (non-hydrogen) atoms. The number of halogens is 2. The van der Waals surface area contributed by atoms with E-state index in [9.17, 15) is 8.42 Å². The summed E-state index contributed by atoms with van der Waals surface area (Å²) in [6.07, 6.45) is 0. The van der Waals surface area contributed by atoms with E-state index in [-0.39, 0.29) is 47.9 Å². The molecule has 0 amide bonds. The number of benzene rings is 2. The molecule has 0 bridgehead atoms. The zero-order chi connectivity index (χ0) is 20.6. The quantitative estimate of drug-likeness (QED) is 0.190. The first-order valence-corrected chi connectivity index (χ1v) is 10.2. The lowest BCUT2D eigenvalue weighted by Crippen LogP contribution is -2.38. The number of ether oxygens (including phenoxy) is 2. The Kier molecular flexibility index (Phi) is 10.5. The molecule has 0 atom stereocenters. The fourth-order valence-corrected chi connectivity index (χ4v) is 3.64. The van der Waals surface area contributed by atoms with E-state index >= 15 is 0 Å². The number of guanidine groups is 1. The molecule has 4 N–H and O–H groups in total. The van der Waals surface area contributed by atoms with Gasteiger partial charge in [0.1, 0.15) is 0 Å². The zero-order valence-electron chi connectivity index (χ0n) is 16.0. The van der Waals surface area contributed by atoms with Crippen LogP contribution in [0.15, 0.2) is 52.4 Å². The van der Waals surface area contributed by atoms with E-state index in [1.165, 1.54) is 12.1 Å². The van der Waals surface area contributed by atoms with E-state index in [4.69, 9.17) is 26.8 Å². The van der Waals surface area contributed by atoms with Crippen molar-refractivity contribution in [2.45, 2.75) is 11.4 Å². The van der Waals surface area contributed by atoms with Crippen LogP contribution in [-0.2, 0) is 16.6 Å². The van der Waals surface area contributed by atoms with Crippen LogP contribution in [0.2, 0.25) is 5.02 Å². The molecule has 2 aromatic rings. The normalized spacial score (nSPS) is 11.5. The van der Waals surface area contributed by atoms with E-state index in [1.807, 2.05) is 12.1 Å². The molecular formula is C18H24ClIN4O4S. The van der Waals surface area contributed by atoms with Crippen molar-refractivity contribution in [1.29, 1.82) is 0 Å². The average molecular weight is 555 g/mol. The molecule has 160 valence electrons. The van der Waals surface area contributed by atoms with Gasteiger partial charge in [-0.3, -0.25) is 0 Å². The van der Waals surface area contributed by atoms with Crippen molar-refractivity contribution < 1.29 is 17.9 Å². The maximum atomic E-state index is 12.2. The maximum absolute atomic E-state index is 12.2. The Hall–Kier alpha value is -1.76. The van der Waals surface area contributed by atoms with Gasteiger partial charge in [0, 0.05) is 18.1 Å². The number of nitrogens with one attached hydrogen (secondary N) is 2. The topological polar surface area (TPSA) is 115 Å². The van der Waals surface area contributed by atoms with Crippen molar-refractivity contribution in [3.05, 3.63) is 53.1 Å². The average Bonchev–Trinajstić information content (AvgIpc) is 2.69. The van der Waals surface area contributed by atoms with Crippen molar-refractivity contribution in [1.82, 2.24) is 10.0 Å². The summed E-state index contributed by atoms with van der Waals surface area (Å²) < 4.78 is 37.2. The predicted octanol–water partition coefficient (Wildman–Crippen LogP) is 2.36. The number of nitrogens with two attached hydrogens (primary N) is 1. The van der Waals surface area contributed by atoms with Gasteiger partial charge in [0.2, 0.25) is 10.0 Å². The zero-order valence-corrected chi connectivity index (χ0v) is 19.9. The minimum atomic E-state index is -3.63. The maximum Gasteiger partial charge on any atom is 0.240 e. The van der Waals surface area contributed by atoms with Crippen LogP contribution in [0.25, 0.3) is 0 Å². The fraction of sp³-hybridized carbons (Fsp3) is 0.278. The molecule has 11 heteroatoms. The summed E-state index contributed by atoms with van der Waals surface area (Å²) in [6.45, 7) is 0.760. The number of rotatable bonds is 9. The van der Waals surface area contributed by atoms with Gasteiger partial charge in [0.25, 0.3) is 0 Å². The molecule has 0 heterocycles. The third kappa shape index (κ3) is 7.88. The molecule has 8 nitrogen and oxygen atoms in total. The molecule has 0 aliphatic carbocycles. The number of methoxy groups -OCH3 is 2. The highest BCUT2D eigenvalue weighted by Gasteiger charge is 2.13. The van der Waals surface area contributed by atoms with E-state index < -0.39 is 10.0 Å². The summed E-state index contributed by atoms with van der Waals surface area (Å²) in [5.74, 6) is 1.45. The van der Waals surface area contributed by atoms with Crippen LogP contribution in [0.1, 0.15) is 5.56 Å². The first-order chi connectivity index (χ1) is 13.4. The van der Waals surface area contributed by atoms with E-state index in [2.05, 4.69) is 15.0 Å². The van der Waals surface area contributed by atoms with Crippen LogP contribution >= 0.6 is 35.6 Å². The van der Waals surface area contributed by atoms with Crippen LogP contribution in [0.5, 0.6) is 11.5 Å². The number of hydrogen-bond donors (Lipinski definition) is 3. The Bertz CT molecular complexity index is 941. The lowest BCUT2D eigenvalue weighted by molar-refractivity contribution is 0.354. The number of nitrogens with zero attached hydrogens (tertiary/aromatic N) is 1. The molecule has 0 spiro atoms. The monoisotopic (exact) mass is 554 g/mol. The van der Waals surface area contributed by atoms with Gasteiger partial charge < -0.3 is 20.5 Å². The van der Waals surface area contributed by atoms with Crippen molar-refractivity contribution >= 4 is 51.6 Å². The van der Waals surface area contributed by atoms with E-state index in [1.54, 1.807) is 32.4 Å². The van der Waals surface area contributed by atoms with Gasteiger partial charge in [0.15, 0.2) is 17.5 Å². The van der Waals surface area contributed by atoms with E-state index in [0.717, 1.165) is 5.56 Å². The minimum absolute atomic E-state index is 0. The molecule has 0 unspecified atom stereocenters. The highest BCUT2D eigenvalue weighted by molar-refractivity contribution is 14.0. The fourth-order valence-electron chi connectivity index (χ4n) is 2.30. The highest BCUT2D eigenvalue weighted by atomic mass is 127. The number of sulfonamides is 1. The summed E-state index contributed by atoms with van der Waals surface area (Å²) in [5, 5.41) is 3.21. The molecule has 0 saturated carbocycles. The Morgan fingerprint density at radius 3 is 2.48 bits per heavy atom. The third-order valence-electron chi connectivity index (χ3n) is 3.71. The first-order valence-electron chi connectivity index (χ1n) is 8.35. The van der Waals surface area contributed by atoms with Crippen molar-refractivity contribution in [2.75, 3.05) is 27.3 Å². The van der Waals surface area contributed by atoms with Crippen LogP contribution < -0.4 is 25.2 Å². The predicted molar refractivity (Wildman–Crippen MR) is 125 cm³/mol. The number of hydrogen-bond acceptors (Lipinski definition) is 5. The van der Waals surface area contributed by atoms with Crippen LogP contribution in [-0.4, -0.2) is 41.7 Å². The second kappa shape index (κ2) is 12.1. The van der Waals surface area contributed by atoms with Crippen LogP contribution in [0, 0.1) is 0 Å². The summed E-state index contributed by atoms with van der Waals surface area (Å²) >= 11 is 5.82. The molecule has 0 aromatic heterocycles. The molecule has 0 aliphatic heterocycles. The van der Waals surface area contributed by atoms with Crippen LogP contribution in [0.3, 0.4) is 0 Å². The van der Waals surface area contributed by atoms with Crippen molar-refractivity contribution in [2.24, 2.45) is 10.7 Å². The van der Waals surface area contributed by atoms with Crippen molar-refractivity contribution in [3.63, 3.8) is 0 Å². The lowest BCUT2D eigenvalue weighted by Gasteiger charge is -2.10. The first kappa shape index (κ1) is 25.3. The molecule has 0 aliphatic rings. The van der Waals surface area contributed by atoms with Crippen molar-refractivity contribution in [3.8, 4) is 11.5 Å². The molecule has 0 fully saturated rings. The molecular weight excluding hydrogens is 531 g/mol. The van der Waals surface area contributed by atoms with Gasteiger partial charge in [-0.25, -0.2) is 18.1 Å². The second-order valence-corrected chi connectivity index (χ2v) is 7.88. The van der Waals surface area contributed by atoms with Gasteiger partial charge in [-0.15, -0.1) is 24.0 Å². The Morgan fingerprint density at radius 1 is 1.10 bits per heavy atom. The summed E-state index contributed by atoms with van der Waals surface area (Å²) in [6, 6.07) is 11.5. The smallest absolute Gasteiger partial charge is 0.240 e. The Labute approximate surface area is 192 Å². The largest absolute Gasteiger partial charge is 0.493 e. The Morgan fingerprint density at radius 2 is 1.83 bits per heavy atom. The summed E-state index contributed by atoms with van der Waals surface area (Å²) in [4.78, 5) is 4.33. The molecule has 2 aromatic carbocycles. The molecule has 0 radical (unpaired) electrons. The number of aliphatic imine (C=N–C) groups is 1. The van der Waals surface area contributed by atoms with Gasteiger partial charge in [-0.2, -0.15) is 0 Å². The second-order valence-electron chi connectivity index (χ2n) is 5.67. The summed E-state index contributed by atoms with van der Waals surface area (Å²) in [7, 11) is -0.503. The standard InChI is InChI=1S/C18H23ClN4O4S.HI/c1-26-16-7-6-13(10-17(16)27-2)12-22-18(20)21-8-9-23-28(24,25)15-5-3-4-14(19)11-15;/h3-7,10-11,23H,8-9,12H2,1-2H3,(H3,20,21,22);1H.